The van der Waals surface area contributed by atoms with Crippen LogP contribution in [0.5, 0.6) is 23.0 Å². The second kappa shape index (κ2) is 14.9. The molecule has 1 heterocycles. The van der Waals surface area contributed by atoms with Gasteiger partial charge in [0, 0.05) is 37.3 Å². The quantitative estimate of drug-likeness (QED) is 0.267. The van der Waals surface area contributed by atoms with Gasteiger partial charge in [-0.15, -0.1) is 0 Å². The van der Waals surface area contributed by atoms with Crippen LogP contribution in [0.25, 0.3) is 0 Å². The van der Waals surface area contributed by atoms with Crippen molar-refractivity contribution >= 4 is 12.0 Å². The minimum atomic E-state index is -0.519. The molecule has 0 aromatic heterocycles. The Kier molecular flexibility index (Phi) is 10.8. The molecule has 2 N–H and O–H groups in total. The molecule has 44 heavy (non-hydrogen) atoms. The van der Waals surface area contributed by atoms with E-state index in [0.717, 1.165) is 38.9 Å². The predicted molar refractivity (Wildman–Crippen MR) is 165 cm³/mol. The van der Waals surface area contributed by atoms with Crippen LogP contribution in [-0.4, -0.2) is 54.7 Å². The van der Waals surface area contributed by atoms with Crippen LogP contribution in [0.1, 0.15) is 61.5 Å². The first-order chi connectivity index (χ1) is 21.1. The first kappa shape index (κ1) is 31.9. The van der Waals surface area contributed by atoms with E-state index >= 15 is 0 Å². The number of carbonyl (C=O) groups is 2. The summed E-state index contributed by atoms with van der Waals surface area (Å²) in [6, 6.07) is 22.6. The molecule has 3 aromatic rings. The summed E-state index contributed by atoms with van der Waals surface area (Å²) in [7, 11) is 0. The average molecular weight is 596 g/mol. The monoisotopic (exact) mass is 595 g/mol. The summed E-state index contributed by atoms with van der Waals surface area (Å²) in [4.78, 5) is 27.5. The molecule has 1 fully saturated rings. The highest BCUT2D eigenvalue weighted by Gasteiger charge is 2.22. The van der Waals surface area contributed by atoms with Gasteiger partial charge in [0.15, 0.2) is 0 Å². The lowest BCUT2D eigenvalue weighted by molar-refractivity contribution is 0.0525. The molecule has 10 heteroatoms. The maximum absolute atomic E-state index is 13.4. The molecule has 0 saturated carbocycles. The number of amides is 2. The molecule has 0 spiro atoms. The molecule has 0 bridgehead atoms. The van der Waals surface area contributed by atoms with Crippen molar-refractivity contribution in [1.29, 1.82) is 10.5 Å². The molecule has 1 aliphatic rings. The highest BCUT2D eigenvalue weighted by atomic mass is 16.6. The Labute approximate surface area is 258 Å². The van der Waals surface area contributed by atoms with Crippen molar-refractivity contribution in [1.82, 2.24) is 15.5 Å². The standard InChI is InChI=1S/C34H37N5O5/c1-34(2,3)44-33(41)37-15-4-16-39-17-13-27(14-18-39)38-32(40)26-19-30(42-28-9-5-24(22-35)6-10-28)21-31(20-26)43-29-11-7-25(23-36)8-12-29/h5-12,19-21,27H,4,13-18H2,1-3H3,(H,37,41)(H,38,40). The van der Waals surface area contributed by atoms with E-state index in [0.29, 0.717) is 46.2 Å². The summed E-state index contributed by atoms with van der Waals surface area (Å²) in [6.45, 7) is 8.57. The van der Waals surface area contributed by atoms with Crippen LogP contribution >= 0.6 is 0 Å². The number of hydrogen-bond donors (Lipinski definition) is 2. The minimum Gasteiger partial charge on any atom is -0.457 e. The topological polar surface area (TPSA) is 137 Å². The zero-order valence-electron chi connectivity index (χ0n) is 25.3. The Bertz CT molecular complexity index is 1430. The number of carbonyl (C=O) groups excluding carboxylic acids is 2. The van der Waals surface area contributed by atoms with E-state index in [-0.39, 0.29) is 11.9 Å². The average Bonchev–Trinajstić information content (AvgIpc) is 3.00. The first-order valence-electron chi connectivity index (χ1n) is 14.6. The normalized spacial score (nSPS) is 13.7. The lowest BCUT2D eigenvalue weighted by Gasteiger charge is -2.32. The molecule has 0 radical (unpaired) electrons. The van der Waals surface area contributed by atoms with Gasteiger partial charge in [0.2, 0.25) is 0 Å². The zero-order valence-corrected chi connectivity index (χ0v) is 25.3. The summed E-state index contributed by atoms with van der Waals surface area (Å²) in [5.41, 5.74) is 0.892. The fourth-order valence-corrected chi connectivity index (χ4v) is 4.66. The van der Waals surface area contributed by atoms with E-state index in [9.17, 15) is 9.59 Å². The third-order valence-electron chi connectivity index (χ3n) is 6.82. The van der Waals surface area contributed by atoms with Crippen LogP contribution in [0.15, 0.2) is 66.7 Å². The Morgan fingerprint density at radius 1 is 0.841 bits per heavy atom. The smallest absolute Gasteiger partial charge is 0.407 e. The number of nitrogens with zero attached hydrogens (tertiary/aromatic N) is 3. The number of alkyl carbamates (subject to hydrolysis) is 1. The SMILES string of the molecule is CC(C)(C)OC(=O)NCCCN1CCC(NC(=O)c2cc(Oc3ccc(C#N)cc3)cc(Oc3ccc(C#N)cc3)c2)CC1. The summed E-state index contributed by atoms with van der Waals surface area (Å²) in [6.07, 6.45) is 2.02. The maximum Gasteiger partial charge on any atom is 0.407 e. The number of ether oxygens (including phenoxy) is 3. The predicted octanol–water partition coefficient (Wildman–Crippen LogP) is 6.12. The van der Waals surface area contributed by atoms with Crippen LogP contribution in [0.4, 0.5) is 4.79 Å². The van der Waals surface area contributed by atoms with Crippen molar-refractivity contribution in [2.75, 3.05) is 26.2 Å². The number of nitrogens with one attached hydrogen (secondary N) is 2. The van der Waals surface area contributed by atoms with Gasteiger partial charge in [-0.2, -0.15) is 10.5 Å². The lowest BCUT2D eigenvalue weighted by Crippen LogP contribution is -2.45. The van der Waals surface area contributed by atoms with Crippen molar-refractivity contribution in [2.24, 2.45) is 0 Å². The van der Waals surface area contributed by atoms with Crippen molar-refractivity contribution < 1.29 is 23.8 Å². The number of benzene rings is 3. The Morgan fingerprint density at radius 3 is 1.84 bits per heavy atom. The van der Waals surface area contributed by atoms with Gasteiger partial charge in [-0.05, 0) is 107 Å². The number of hydrogen-bond acceptors (Lipinski definition) is 8. The van der Waals surface area contributed by atoms with Gasteiger partial charge in [0.1, 0.15) is 28.6 Å². The first-order valence-corrected chi connectivity index (χ1v) is 14.6. The highest BCUT2D eigenvalue weighted by Crippen LogP contribution is 2.31. The van der Waals surface area contributed by atoms with Crippen LogP contribution in [0, 0.1) is 22.7 Å². The molecule has 0 atom stereocenters. The second-order valence-electron chi connectivity index (χ2n) is 11.5. The summed E-state index contributed by atoms with van der Waals surface area (Å²) >= 11 is 0. The van der Waals surface area contributed by atoms with Crippen LogP contribution in [0.3, 0.4) is 0 Å². The third kappa shape index (κ3) is 10.0. The van der Waals surface area contributed by atoms with Crippen molar-refractivity contribution in [2.45, 2.75) is 51.7 Å². The highest BCUT2D eigenvalue weighted by molar-refractivity contribution is 5.95. The van der Waals surface area contributed by atoms with Gasteiger partial charge in [0.05, 0.1) is 23.3 Å². The lowest BCUT2D eigenvalue weighted by atomic mass is 10.0. The van der Waals surface area contributed by atoms with Crippen molar-refractivity contribution in [3.63, 3.8) is 0 Å². The second-order valence-corrected chi connectivity index (χ2v) is 11.5. The molecular formula is C34H37N5O5. The molecule has 3 aromatic carbocycles. The van der Waals surface area contributed by atoms with Gasteiger partial charge in [-0.1, -0.05) is 0 Å². The minimum absolute atomic E-state index is 0.0182. The maximum atomic E-state index is 13.4. The Morgan fingerprint density at radius 2 is 1.36 bits per heavy atom. The fraction of sp³-hybridized carbons (Fsp3) is 0.353. The summed E-state index contributed by atoms with van der Waals surface area (Å²) in [5, 5.41) is 24.1. The number of piperidine rings is 1. The molecule has 1 saturated heterocycles. The van der Waals surface area contributed by atoms with Gasteiger partial charge < -0.3 is 29.7 Å². The van der Waals surface area contributed by atoms with Gasteiger partial charge in [0.25, 0.3) is 5.91 Å². The molecule has 228 valence electrons. The van der Waals surface area contributed by atoms with Crippen LogP contribution < -0.4 is 20.1 Å². The van der Waals surface area contributed by atoms with E-state index in [1.807, 2.05) is 20.8 Å². The van der Waals surface area contributed by atoms with Crippen molar-refractivity contribution in [3.8, 4) is 35.1 Å². The molecule has 1 aliphatic heterocycles. The van der Waals surface area contributed by atoms with Crippen LogP contribution in [0.2, 0.25) is 0 Å². The van der Waals surface area contributed by atoms with Crippen molar-refractivity contribution in [3.05, 3.63) is 83.4 Å². The third-order valence-corrected chi connectivity index (χ3v) is 6.82. The number of nitriles is 2. The zero-order chi connectivity index (χ0) is 31.5. The van der Waals surface area contributed by atoms with Gasteiger partial charge >= 0.3 is 6.09 Å². The van der Waals surface area contributed by atoms with E-state index in [4.69, 9.17) is 24.7 Å². The largest absolute Gasteiger partial charge is 0.457 e. The molecule has 0 aliphatic carbocycles. The van der Waals surface area contributed by atoms with E-state index in [2.05, 4.69) is 27.7 Å². The van der Waals surface area contributed by atoms with Gasteiger partial charge in [-0.25, -0.2) is 4.79 Å². The molecule has 4 rings (SSSR count). The Balaban J connectivity index is 1.35. The van der Waals surface area contributed by atoms with E-state index in [1.165, 1.54) is 0 Å². The fourth-order valence-electron chi connectivity index (χ4n) is 4.66. The van der Waals surface area contributed by atoms with E-state index in [1.54, 1.807) is 66.7 Å². The van der Waals surface area contributed by atoms with E-state index < -0.39 is 11.7 Å². The summed E-state index contributed by atoms with van der Waals surface area (Å²) in [5.74, 6) is 1.60. The molecule has 10 nitrogen and oxygen atoms in total. The Hall–Kier alpha value is -5.06. The molecular weight excluding hydrogens is 558 g/mol. The molecule has 0 unspecified atom stereocenters. The van der Waals surface area contributed by atoms with Gasteiger partial charge in [-0.3, -0.25) is 4.79 Å². The van der Waals surface area contributed by atoms with Crippen LogP contribution in [-0.2, 0) is 4.74 Å². The number of likely N-dealkylation sites (tertiary alicyclic amines) is 1. The summed E-state index contributed by atoms with van der Waals surface area (Å²) < 4.78 is 17.3. The number of rotatable bonds is 10. The molecule has 2 amide bonds.